The normalized spacial score (nSPS) is 10.3. The Morgan fingerprint density at radius 2 is 1.81 bits per heavy atom. The number of carbonyl (C=O) groups is 1. The van der Waals surface area contributed by atoms with Gasteiger partial charge in [0.15, 0.2) is 5.78 Å². The third kappa shape index (κ3) is 3.99. The minimum absolute atomic E-state index is 0.0397. The summed E-state index contributed by atoms with van der Waals surface area (Å²) in [5.74, 6) is 0.0397. The summed E-state index contributed by atoms with van der Waals surface area (Å²) in [6.07, 6.45) is 0. The summed E-state index contributed by atoms with van der Waals surface area (Å²) in [5.41, 5.74) is 3.83. The van der Waals surface area contributed by atoms with Crippen molar-refractivity contribution >= 4 is 28.8 Å². The van der Waals surface area contributed by atoms with Gasteiger partial charge in [-0.3, -0.25) is 4.79 Å². The molecule has 0 spiro atoms. The molecule has 0 atom stereocenters. The van der Waals surface area contributed by atoms with E-state index in [0.717, 1.165) is 16.9 Å². The lowest BCUT2D eigenvalue weighted by atomic mass is 10.1. The first-order valence-electron chi connectivity index (χ1n) is 6.78. The van der Waals surface area contributed by atoms with Crippen molar-refractivity contribution in [3.8, 4) is 0 Å². The van der Waals surface area contributed by atoms with Crippen LogP contribution in [0.25, 0.3) is 0 Å². The Balaban J connectivity index is 2.10. The van der Waals surface area contributed by atoms with Crippen molar-refractivity contribution in [1.82, 2.24) is 0 Å². The summed E-state index contributed by atoms with van der Waals surface area (Å²) in [4.78, 5) is 14.2. The van der Waals surface area contributed by atoms with Crippen LogP contribution in [0.15, 0.2) is 42.5 Å². The molecule has 0 aliphatic carbocycles. The van der Waals surface area contributed by atoms with Gasteiger partial charge in [0.25, 0.3) is 0 Å². The molecule has 110 valence electrons. The van der Waals surface area contributed by atoms with Crippen molar-refractivity contribution in [1.29, 1.82) is 0 Å². The second-order valence-corrected chi connectivity index (χ2v) is 5.64. The molecule has 2 aromatic rings. The predicted molar refractivity (Wildman–Crippen MR) is 89.8 cm³/mol. The van der Waals surface area contributed by atoms with Gasteiger partial charge in [-0.15, -0.1) is 0 Å². The fraction of sp³-hybridized carbons (Fsp3) is 0.235. The van der Waals surface area contributed by atoms with E-state index in [1.807, 2.05) is 38.1 Å². The number of halogens is 1. The summed E-state index contributed by atoms with van der Waals surface area (Å²) in [5, 5.41) is 3.86. The lowest BCUT2D eigenvalue weighted by Crippen LogP contribution is -2.17. The number of aryl methyl sites for hydroxylation is 1. The molecule has 21 heavy (non-hydrogen) atoms. The standard InChI is InChI=1S/C17H19ClN2O/c1-12-4-9-16(20(2)3)15(10-12)19-11-17(21)13-5-7-14(18)8-6-13/h4-10,19H,11H2,1-3H3. The highest BCUT2D eigenvalue weighted by atomic mass is 35.5. The van der Waals surface area contributed by atoms with Crippen molar-refractivity contribution in [2.24, 2.45) is 0 Å². The molecule has 0 amide bonds. The van der Waals surface area contributed by atoms with Crippen LogP contribution in [0.5, 0.6) is 0 Å². The second kappa shape index (κ2) is 6.64. The number of nitrogens with zero attached hydrogens (tertiary/aromatic N) is 1. The van der Waals surface area contributed by atoms with Crippen molar-refractivity contribution in [3.63, 3.8) is 0 Å². The number of hydrogen-bond acceptors (Lipinski definition) is 3. The van der Waals surface area contributed by atoms with Gasteiger partial charge in [-0.2, -0.15) is 0 Å². The van der Waals surface area contributed by atoms with E-state index in [-0.39, 0.29) is 12.3 Å². The molecule has 4 heteroatoms. The zero-order valence-electron chi connectivity index (χ0n) is 12.5. The van der Waals surface area contributed by atoms with Crippen LogP contribution >= 0.6 is 11.6 Å². The first-order chi connectivity index (χ1) is 9.97. The Bertz CT molecular complexity index is 636. The highest BCUT2D eigenvalue weighted by Gasteiger charge is 2.09. The maximum absolute atomic E-state index is 12.2. The van der Waals surface area contributed by atoms with Gasteiger partial charge in [-0.05, 0) is 48.9 Å². The number of Topliss-reactive ketones (excluding diaryl/α,β-unsaturated/α-hetero) is 1. The van der Waals surface area contributed by atoms with Gasteiger partial charge in [0.05, 0.1) is 17.9 Å². The fourth-order valence-corrected chi connectivity index (χ4v) is 2.22. The Kier molecular flexibility index (Phi) is 4.86. The highest BCUT2D eigenvalue weighted by Crippen LogP contribution is 2.25. The minimum Gasteiger partial charge on any atom is -0.376 e. The van der Waals surface area contributed by atoms with Crippen molar-refractivity contribution < 1.29 is 4.79 Å². The van der Waals surface area contributed by atoms with E-state index in [0.29, 0.717) is 10.6 Å². The average Bonchev–Trinajstić information content (AvgIpc) is 2.45. The quantitative estimate of drug-likeness (QED) is 0.847. The molecule has 2 aromatic carbocycles. The molecule has 2 rings (SSSR count). The molecule has 0 saturated heterocycles. The number of rotatable bonds is 5. The molecule has 0 radical (unpaired) electrons. The van der Waals surface area contributed by atoms with Crippen LogP contribution in [-0.4, -0.2) is 26.4 Å². The summed E-state index contributed by atoms with van der Waals surface area (Å²) in [7, 11) is 3.97. The number of ketones is 1. The van der Waals surface area contributed by atoms with Crippen molar-refractivity contribution in [3.05, 3.63) is 58.6 Å². The van der Waals surface area contributed by atoms with Gasteiger partial charge in [0.2, 0.25) is 0 Å². The number of nitrogens with one attached hydrogen (secondary N) is 1. The van der Waals surface area contributed by atoms with Gasteiger partial charge in [-0.25, -0.2) is 0 Å². The number of anilines is 2. The van der Waals surface area contributed by atoms with E-state index in [4.69, 9.17) is 11.6 Å². The first-order valence-corrected chi connectivity index (χ1v) is 7.16. The maximum Gasteiger partial charge on any atom is 0.181 e. The van der Waals surface area contributed by atoms with E-state index in [1.165, 1.54) is 0 Å². The van der Waals surface area contributed by atoms with Crippen molar-refractivity contribution in [2.75, 3.05) is 30.9 Å². The Hall–Kier alpha value is -2.00. The van der Waals surface area contributed by atoms with E-state index >= 15 is 0 Å². The van der Waals surface area contributed by atoms with Gasteiger partial charge in [-0.1, -0.05) is 17.7 Å². The monoisotopic (exact) mass is 302 g/mol. The van der Waals surface area contributed by atoms with Crippen molar-refractivity contribution in [2.45, 2.75) is 6.92 Å². The van der Waals surface area contributed by atoms with Crippen LogP contribution in [0, 0.1) is 6.92 Å². The number of carbonyl (C=O) groups excluding carboxylic acids is 1. The highest BCUT2D eigenvalue weighted by molar-refractivity contribution is 6.30. The summed E-state index contributed by atoms with van der Waals surface area (Å²) in [6, 6.07) is 13.1. The minimum atomic E-state index is 0.0397. The Labute approximate surface area is 130 Å². The summed E-state index contributed by atoms with van der Waals surface area (Å²) in [6.45, 7) is 2.29. The summed E-state index contributed by atoms with van der Waals surface area (Å²) < 4.78 is 0. The van der Waals surface area contributed by atoms with Crippen LogP contribution in [0.2, 0.25) is 5.02 Å². The zero-order chi connectivity index (χ0) is 15.4. The van der Waals surface area contributed by atoms with Crippen LogP contribution in [0.4, 0.5) is 11.4 Å². The van der Waals surface area contributed by atoms with Gasteiger partial charge in [0.1, 0.15) is 0 Å². The molecule has 0 fully saturated rings. The number of hydrogen-bond donors (Lipinski definition) is 1. The first kappa shape index (κ1) is 15.4. The lowest BCUT2D eigenvalue weighted by Gasteiger charge is -2.19. The van der Waals surface area contributed by atoms with E-state index in [1.54, 1.807) is 24.3 Å². The van der Waals surface area contributed by atoms with E-state index in [2.05, 4.69) is 11.4 Å². The van der Waals surface area contributed by atoms with Gasteiger partial charge >= 0.3 is 0 Å². The molecule has 0 aromatic heterocycles. The molecule has 0 saturated carbocycles. The molecule has 3 nitrogen and oxygen atoms in total. The molecular formula is C17H19ClN2O. The maximum atomic E-state index is 12.2. The van der Waals surface area contributed by atoms with Crippen LogP contribution in [-0.2, 0) is 0 Å². The predicted octanol–water partition coefficient (Wildman–Crippen LogP) is 4.01. The molecule has 0 bridgehead atoms. The fourth-order valence-electron chi connectivity index (χ4n) is 2.09. The topological polar surface area (TPSA) is 32.3 Å². The van der Waals surface area contributed by atoms with Crippen LogP contribution < -0.4 is 10.2 Å². The number of benzene rings is 2. The third-order valence-electron chi connectivity index (χ3n) is 3.24. The smallest absolute Gasteiger partial charge is 0.181 e. The molecule has 0 heterocycles. The van der Waals surface area contributed by atoms with E-state index in [9.17, 15) is 4.79 Å². The Morgan fingerprint density at radius 3 is 2.43 bits per heavy atom. The SMILES string of the molecule is Cc1ccc(N(C)C)c(NCC(=O)c2ccc(Cl)cc2)c1. The average molecular weight is 303 g/mol. The van der Waals surface area contributed by atoms with Gasteiger partial charge in [0, 0.05) is 24.7 Å². The molecular weight excluding hydrogens is 284 g/mol. The largest absolute Gasteiger partial charge is 0.376 e. The molecule has 0 aliphatic rings. The third-order valence-corrected chi connectivity index (χ3v) is 3.49. The summed E-state index contributed by atoms with van der Waals surface area (Å²) >= 11 is 5.83. The Morgan fingerprint density at radius 1 is 1.14 bits per heavy atom. The van der Waals surface area contributed by atoms with E-state index < -0.39 is 0 Å². The molecule has 1 N–H and O–H groups in total. The second-order valence-electron chi connectivity index (χ2n) is 5.20. The lowest BCUT2D eigenvalue weighted by molar-refractivity contribution is 0.101. The molecule has 0 aliphatic heterocycles. The zero-order valence-corrected chi connectivity index (χ0v) is 13.2. The molecule has 0 unspecified atom stereocenters. The van der Waals surface area contributed by atoms with Crippen LogP contribution in [0.1, 0.15) is 15.9 Å². The van der Waals surface area contributed by atoms with Gasteiger partial charge < -0.3 is 10.2 Å². The van der Waals surface area contributed by atoms with Crippen LogP contribution in [0.3, 0.4) is 0 Å².